The normalized spacial score (nSPS) is 14.2. The molecule has 0 radical (unpaired) electrons. The van der Waals surface area contributed by atoms with E-state index in [0.717, 1.165) is 30.8 Å². The highest BCUT2D eigenvalue weighted by molar-refractivity contribution is 6.29. The molecule has 1 aromatic rings. The van der Waals surface area contributed by atoms with Gasteiger partial charge in [-0.3, -0.25) is 4.79 Å². The minimum absolute atomic E-state index is 0.0158. The lowest BCUT2D eigenvalue weighted by Gasteiger charge is -2.12. The van der Waals surface area contributed by atoms with Gasteiger partial charge in [0, 0.05) is 11.6 Å². The van der Waals surface area contributed by atoms with Gasteiger partial charge >= 0.3 is 0 Å². The first-order valence-electron chi connectivity index (χ1n) is 5.59. The van der Waals surface area contributed by atoms with E-state index in [1.54, 1.807) is 0 Å². The maximum absolute atomic E-state index is 11.4. The molecule has 2 rings (SSSR count). The molecule has 0 saturated heterocycles. The van der Waals surface area contributed by atoms with E-state index >= 15 is 0 Å². The van der Waals surface area contributed by atoms with E-state index in [0.29, 0.717) is 0 Å². The van der Waals surface area contributed by atoms with E-state index in [-0.39, 0.29) is 17.8 Å². The molecule has 0 spiro atoms. The number of carbonyl (C=O) groups is 1. The largest absolute Gasteiger partial charge is 0.310 e. The standard InChI is InChI=1S/C11H16ClN3O/c1-7(2)15-11(13-10(16)6-12)8-4-3-5-9(8)14-15/h7H,3-6H2,1-2H3,(H,13,16). The van der Waals surface area contributed by atoms with E-state index in [9.17, 15) is 4.79 Å². The summed E-state index contributed by atoms with van der Waals surface area (Å²) in [6.07, 6.45) is 3.14. The zero-order chi connectivity index (χ0) is 11.7. The van der Waals surface area contributed by atoms with Gasteiger partial charge in [-0.1, -0.05) is 0 Å². The molecule has 1 aliphatic rings. The van der Waals surface area contributed by atoms with E-state index in [2.05, 4.69) is 24.3 Å². The van der Waals surface area contributed by atoms with Crippen LogP contribution in [0.3, 0.4) is 0 Å². The van der Waals surface area contributed by atoms with Gasteiger partial charge in [-0.2, -0.15) is 5.10 Å². The molecule has 1 aliphatic carbocycles. The second kappa shape index (κ2) is 4.45. The summed E-state index contributed by atoms with van der Waals surface area (Å²) in [4.78, 5) is 11.4. The molecule has 1 N–H and O–H groups in total. The van der Waals surface area contributed by atoms with Gasteiger partial charge in [0.1, 0.15) is 11.7 Å². The Hall–Kier alpha value is -1.03. The Morgan fingerprint density at radius 2 is 2.31 bits per heavy atom. The van der Waals surface area contributed by atoms with Gasteiger partial charge < -0.3 is 5.32 Å². The number of carbonyl (C=O) groups excluding carboxylic acids is 1. The van der Waals surface area contributed by atoms with Gasteiger partial charge in [-0.15, -0.1) is 11.6 Å². The van der Waals surface area contributed by atoms with Gasteiger partial charge in [0.05, 0.1) is 5.69 Å². The summed E-state index contributed by atoms with van der Waals surface area (Å²) in [5.41, 5.74) is 2.31. The molecule has 16 heavy (non-hydrogen) atoms. The van der Waals surface area contributed by atoms with Crippen LogP contribution in [0.5, 0.6) is 0 Å². The minimum atomic E-state index is -0.168. The highest BCUT2D eigenvalue weighted by Gasteiger charge is 2.24. The number of hydrogen-bond donors (Lipinski definition) is 1. The Morgan fingerprint density at radius 3 is 2.94 bits per heavy atom. The van der Waals surface area contributed by atoms with Crippen LogP contribution in [-0.4, -0.2) is 21.6 Å². The summed E-state index contributed by atoms with van der Waals surface area (Å²) in [6.45, 7) is 4.11. The van der Waals surface area contributed by atoms with E-state index in [1.807, 2.05) is 4.68 Å². The van der Waals surface area contributed by atoms with Crippen molar-refractivity contribution < 1.29 is 4.79 Å². The maximum Gasteiger partial charge on any atom is 0.240 e. The number of aromatic nitrogens is 2. The Labute approximate surface area is 100.0 Å². The number of fused-ring (bicyclic) bond motifs is 1. The van der Waals surface area contributed by atoms with Crippen LogP contribution in [0.1, 0.15) is 37.6 Å². The molecule has 0 bridgehead atoms. The molecule has 0 unspecified atom stereocenters. The third kappa shape index (κ3) is 1.94. The molecule has 4 nitrogen and oxygen atoms in total. The van der Waals surface area contributed by atoms with Crippen molar-refractivity contribution in [3.8, 4) is 0 Å². The van der Waals surface area contributed by atoms with Crippen LogP contribution in [-0.2, 0) is 17.6 Å². The van der Waals surface area contributed by atoms with Gasteiger partial charge in [0.15, 0.2) is 0 Å². The molecule has 0 aliphatic heterocycles. The van der Waals surface area contributed by atoms with E-state index in [1.165, 1.54) is 5.56 Å². The topological polar surface area (TPSA) is 46.9 Å². The molecule has 0 aromatic carbocycles. The molecule has 1 heterocycles. The third-order valence-electron chi connectivity index (χ3n) is 2.80. The van der Waals surface area contributed by atoms with Crippen molar-refractivity contribution in [3.05, 3.63) is 11.3 Å². The van der Waals surface area contributed by atoms with Crippen LogP contribution >= 0.6 is 11.6 Å². The molecule has 5 heteroatoms. The summed E-state index contributed by atoms with van der Waals surface area (Å²) in [5.74, 6) is 0.657. The van der Waals surface area contributed by atoms with Crippen LogP contribution in [0, 0.1) is 0 Å². The first kappa shape index (κ1) is 11.5. The highest BCUT2D eigenvalue weighted by Crippen LogP contribution is 2.30. The first-order valence-corrected chi connectivity index (χ1v) is 6.13. The fourth-order valence-electron chi connectivity index (χ4n) is 2.08. The summed E-state index contributed by atoms with van der Waals surface area (Å²) < 4.78 is 1.88. The molecule has 1 aromatic heterocycles. The van der Waals surface area contributed by atoms with Crippen molar-refractivity contribution in [2.45, 2.75) is 39.2 Å². The Balaban J connectivity index is 2.36. The number of rotatable bonds is 3. The van der Waals surface area contributed by atoms with Crippen LogP contribution in [0.25, 0.3) is 0 Å². The number of aryl methyl sites for hydroxylation is 1. The van der Waals surface area contributed by atoms with Crippen molar-refractivity contribution in [3.63, 3.8) is 0 Å². The van der Waals surface area contributed by atoms with Gasteiger partial charge in [-0.25, -0.2) is 4.68 Å². The number of nitrogens with zero attached hydrogens (tertiary/aromatic N) is 2. The van der Waals surface area contributed by atoms with Gasteiger partial charge in [0.25, 0.3) is 0 Å². The van der Waals surface area contributed by atoms with Crippen molar-refractivity contribution >= 4 is 23.3 Å². The molecule has 0 atom stereocenters. The average molecular weight is 242 g/mol. The zero-order valence-corrected chi connectivity index (χ0v) is 10.3. The number of amides is 1. The number of anilines is 1. The van der Waals surface area contributed by atoms with Crippen molar-refractivity contribution in [1.29, 1.82) is 0 Å². The predicted molar refractivity (Wildman–Crippen MR) is 64.0 cm³/mol. The third-order valence-corrected chi connectivity index (χ3v) is 3.04. The smallest absolute Gasteiger partial charge is 0.240 e. The molecule has 0 fully saturated rings. The SMILES string of the molecule is CC(C)n1nc2c(c1NC(=O)CCl)CCC2. The molecular weight excluding hydrogens is 226 g/mol. The van der Waals surface area contributed by atoms with Crippen LogP contribution < -0.4 is 5.32 Å². The van der Waals surface area contributed by atoms with E-state index < -0.39 is 0 Å². The summed E-state index contributed by atoms with van der Waals surface area (Å²) in [6, 6.07) is 0.247. The van der Waals surface area contributed by atoms with Crippen LogP contribution in [0.4, 0.5) is 5.82 Å². The van der Waals surface area contributed by atoms with Crippen molar-refractivity contribution in [1.82, 2.24) is 9.78 Å². The molecule has 0 saturated carbocycles. The van der Waals surface area contributed by atoms with Gasteiger partial charge in [0.2, 0.25) is 5.91 Å². The Kier molecular flexibility index (Phi) is 3.19. The summed E-state index contributed by atoms with van der Waals surface area (Å²) >= 11 is 5.51. The number of alkyl halides is 1. The molecule has 1 amide bonds. The van der Waals surface area contributed by atoms with Crippen molar-refractivity contribution in [2.75, 3.05) is 11.2 Å². The van der Waals surface area contributed by atoms with Gasteiger partial charge in [-0.05, 0) is 33.1 Å². The monoisotopic (exact) mass is 241 g/mol. The first-order chi connectivity index (χ1) is 7.63. The Morgan fingerprint density at radius 1 is 1.56 bits per heavy atom. The summed E-state index contributed by atoms with van der Waals surface area (Å²) in [5, 5.41) is 7.39. The second-order valence-electron chi connectivity index (χ2n) is 4.35. The minimum Gasteiger partial charge on any atom is -0.310 e. The fraction of sp³-hybridized carbons (Fsp3) is 0.636. The lowest BCUT2D eigenvalue weighted by molar-refractivity contribution is -0.114. The summed E-state index contributed by atoms with van der Waals surface area (Å²) in [7, 11) is 0. The lowest BCUT2D eigenvalue weighted by Crippen LogP contribution is -2.18. The number of hydrogen-bond acceptors (Lipinski definition) is 2. The van der Waals surface area contributed by atoms with Crippen LogP contribution in [0.15, 0.2) is 0 Å². The van der Waals surface area contributed by atoms with E-state index in [4.69, 9.17) is 11.6 Å². The average Bonchev–Trinajstić information content (AvgIpc) is 2.80. The fourth-order valence-corrected chi connectivity index (χ4v) is 2.15. The number of nitrogens with one attached hydrogen (secondary N) is 1. The lowest BCUT2D eigenvalue weighted by atomic mass is 10.2. The number of halogens is 1. The van der Waals surface area contributed by atoms with Crippen molar-refractivity contribution in [2.24, 2.45) is 0 Å². The molecular formula is C11H16ClN3O. The highest BCUT2D eigenvalue weighted by atomic mass is 35.5. The Bertz CT molecular complexity index is 412. The molecule has 88 valence electrons. The maximum atomic E-state index is 11.4. The quantitative estimate of drug-likeness (QED) is 0.825. The predicted octanol–water partition coefficient (Wildman–Crippen LogP) is 2.13. The zero-order valence-electron chi connectivity index (χ0n) is 9.59. The second-order valence-corrected chi connectivity index (χ2v) is 4.61. The van der Waals surface area contributed by atoms with Crippen LogP contribution in [0.2, 0.25) is 0 Å².